The molecule has 1 aromatic rings. The van der Waals surface area contributed by atoms with Crippen molar-refractivity contribution in [2.75, 3.05) is 0 Å². The van der Waals surface area contributed by atoms with Crippen LogP contribution in [0.1, 0.15) is 25.0 Å². The van der Waals surface area contributed by atoms with Gasteiger partial charge in [0.05, 0.1) is 0 Å². The number of hydrogen-bond acceptors (Lipinski definition) is 1. The predicted molar refractivity (Wildman–Crippen MR) is 62.5 cm³/mol. The molecular weight excluding hydrogens is 194 g/mol. The van der Waals surface area contributed by atoms with E-state index >= 15 is 0 Å². The van der Waals surface area contributed by atoms with Crippen molar-refractivity contribution in [1.82, 2.24) is 0 Å². The summed E-state index contributed by atoms with van der Waals surface area (Å²) in [5.74, 6) is 0. The highest BCUT2D eigenvalue weighted by Crippen LogP contribution is 2.17. The van der Waals surface area contributed by atoms with Crippen LogP contribution in [0.4, 0.5) is 0 Å². The molecule has 0 aliphatic rings. The highest BCUT2D eigenvalue weighted by Gasteiger charge is 1.99. The summed E-state index contributed by atoms with van der Waals surface area (Å²) in [7, 11) is 0. The van der Waals surface area contributed by atoms with Crippen molar-refractivity contribution in [1.29, 1.82) is 0 Å². The summed E-state index contributed by atoms with van der Waals surface area (Å²) >= 11 is 5.96. The van der Waals surface area contributed by atoms with Crippen molar-refractivity contribution in [3.8, 4) is 0 Å². The van der Waals surface area contributed by atoms with Crippen LogP contribution in [0.5, 0.6) is 0 Å². The van der Waals surface area contributed by atoms with Crippen LogP contribution in [0.3, 0.4) is 0 Å². The number of nitrogens with two attached hydrogens (primary N) is 1. The lowest BCUT2D eigenvalue weighted by atomic mass is 10.1. The molecule has 0 amide bonds. The summed E-state index contributed by atoms with van der Waals surface area (Å²) in [6.07, 6.45) is 3.15. The first-order valence-corrected chi connectivity index (χ1v) is 5.12. The maximum atomic E-state index is 5.96. The quantitative estimate of drug-likeness (QED) is 0.760. The Labute approximate surface area is 90.6 Å². The van der Waals surface area contributed by atoms with Gasteiger partial charge < -0.3 is 5.73 Å². The fourth-order valence-corrected chi connectivity index (χ4v) is 1.43. The van der Waals surface area contributed by atoms with E-state index in [1.54, 1.807) is 0 Å². The molecule has 2 heteroatoms. The molecule has 0 aliphatic carbocycles. The smallest absolute Gasteiger partial charge is 0.0451 e. The second-order valence-electron chi connectivity index (χ2n) is 3.62. The van der Waals surface area contributed by atoms with Crippen molar-refractivity contribution in [2.45, 2.75) is 26.8 Å². The summed E-state index contributed by atoms with van der Waals surface area (Å²) in [5.41, 5.74) is 9.18. The fraction of sp³-hybridized carbons (Fsp3) is 0.333. The molecule has 0 atom stereocenters. The zero-order valence-corrected chi connectivity index (χ0v) is 9.43. The molecule has 0 fully saturated rings. The second kappa shape index (κ2) is 5.18. The van der Waals surface area contributed by atoms with Gasteiger partial charge in [-0.2, -0.15) is 0 Å². The standard InChI is InChI=1S/C12H16ClN/c1-9(2)3-4-10-5-6-12(13)11(7-10)8-14/h3,5-7H,4,8,14H2,1-2H3. The Morgan fingerprint density at radius 1 is 1.43 bits per heavy atom. The SMILES string of the molecule is CC(C)=CCc1ccc(Cl)c(CN)c1. The molecule has 0 saturated heterocycles. The zero-order chi connectivity index (χ0) is 10.6. The van der Waals surface area contributed by atoms with Gasteiger partial charge in [0.2, 0.25) is 0 Å². The fourth-order valence-electron chi connectivity index (χ4n) is 1.23. The molecule has 1 nitrogen and oxygen atoms in total. The molecule has 0 radical (unpaired) electrons. The van der Waals surface area contributed by atoms with Crippen LogP contribution in [-0.4, -0.2) is 0 Å². The number of benzene rings is 1. The maximum Gasteiger partial charge on any atom is 0.0451 e. The summed E-state index contributed by atoms with van der Waals surface area (Å²) < 4.78 is 0. The van der Waals surface area contributed by atoms with Gasteiger partial charge in [-0.05, 0) is 37.5 Å². The highest BCUT2D eigenvalue weighted by atomic mass is 35.5. The minimum atomic E-state index is 0.501. The van der Waals surface area contributed by atoms with E-state index in [0.29, 0.717) is 6.54 Å². The third-order valence-electron chi connectivity index (χ3n) is 2.08. The van der Waals surface area contributed by atoms with Crippen LogP contribution in [0.15, 0.2) is 29.8 Å². The van der Waals surface area contributed by atoms with Gasteiger partial charge in [0.1, 0.15) is 0 Å². The van der Waals surface area contributed by atoms with E-state index < -0.39 is 0 Å². The van der Waals surface area contributed by atoms with Gasteiger partial charge in [-0.3, -0.25) is 0 Å². The van der Waals surface area contributed by atoms with E-state index in [2.05, 4.69) is 26.0 Å². The molecule has 0 heterocycles. The Bertz CT molecular complexity index is 338. The summed E-state index contributed by atoms with van der Waals surface area (Å²) in [4.78, 5) is 0. The molecule has 14 heavy (non-hydrogen) atoms. The molecule has 76 valence electrons. The minimum Gasteiger partial charge on any atom is -0.326 e. The van der Waals surface area contributed by atoms with Crippen molar-refractivity contribution in [2.24, 2.45) is 5.73 Å². The van der Waals surface area contributed by atoms with E-state index in [4.69, 9.17) is 17.3 Å². The van der Waals surface area contributed by atoms with E-state index in [-0.39, 0.29) is 0 Å². The average molecular weight is 210 g/mol. The predicted octanol–water partition coefficient (Wildman–Crippen LogP) is 3.31. The van der Waals surface area contributed by atoms with Gasteiger partial charge in [-0.15, -0.1) is 0 Å². The summed E-state index contributed by atoms with van der Waals surface area (Å²) in [6.45, 7) is 4.70. The number of rotatable bonds is 3. The van der Waals surface area contributed by atoms with E-state index in [9.17, 15) is 0 Å². The minimum absolute atomic E-state index is 0.501. The van der Waals surface area contributed by atoms with Crippen LogP contribution in [-0.2, 0) is 13.0 Å². The normalized spacial score (nSPS) is 10.0. The molecule has 0 unspecified atom stereocenters. The number of halogens is 1. The molecule has 1 aromatic carbocycles. The highest BCUT2D eigenvalue weighted by molar-refractivity contribution is 6.31. The third-order valence-corrected chi connectivity index (χ3v) is 2.44. The first-order valence-electron chi connectivity index (χ1n) is 4.74. The molecule has 0 saturated carbocycles. The largest absolute Gasteiger partial charge is 0.326 e. The van der Waals surface area contributed by atoms with Gasteiger partial charge in [0, 0.05) is 11.6 Å². The molecule has 0 aliphatic heterocycles. The monoisotopic (exact) mass is 209 g/mol. The maximum absolute atomic E-state index is 5.96. The van der Waals surface area contributed by atoms with Crippen molar-refractivity contribution >= 4 is 11.6 Å². The van der Waals surface area contributed by atoms with Crippen molar-refractivity contribution in [3.05, 3.63) is 46.0 Å². The molecule has 1 rings (SSSR count). The lowest BCUT2D eigenvalue weighted by molar-refractivity contribution is 1.06. The first kappa shape index (κ1) is 11.3. The third kappa shape index (κ3) is 3.17. The lowest BCUT2D eigenvalue weighted by Gasteiger charge is -2.03. The Morgan fingerprint density at radius 2 is 2.14 bits per heavy atom. The van der Waals surface area contributed by atoms with Crippen molar-refractivity contribution in [3.63, 3.8) is 0 Å². The van der Waals surface area contributed by atoms with Gasteiger partial charge in [-0.1, -0.05) is 35.4 Å². The van der Waals surface area contributed by atoms with Crippen LogP contribution >= 0.6 is 11.6 Å². The molecular formula is C12H16ClN. The molecule has 2 N–H and O–H groups in total. The topological polar surface area (TPSA) is 26.0 Å². The Balaban J connectivity index is 2.84. The van der Waals surface area contributed by atoms with Crippen LogP contribution in [0.25, 0.3) is 0 Å². The summed E-state index contributed by atoms with van der Waals surface area (Å²) in [6, 6.07) is 6.03. The Kier molecular flexibility index (Phi) is 4.18. The van der Waals surface area contributed by atoms with Gasteiger partial charge >= 0.3 is 0 Å². The lowest BCUT2D eigenvalue weighted by Crippen LogP contribution is -1.98. The van der Waals surface area contributed by atoms with E-state index in [0.717, 1.165) is 17.0 Å². The van der Waals surface area contributed by atoms with Crippen LogP contribution in [0.2, 0.25) is 5.02 Å². The second-order valence-corrected chi connectivity index (χ2v) is 4.02. The molecule has 0 aromatic heterocycles. The molecule has 0 spiro atoms. The number of allylic oxidation sites excluding steroid dienone is 2. The van der Waals surface area contributed by atoms with Crippen molar-refractivity contribution < 1.29 is 0 Å². The number of hydrogen-bond donors (Lipinski definition) is 1. The molecule has 0 bridgehead atoms. The van der Waals surface area contributed by atoms with Crippen LogP contribution in [0, 0.1) is 0 Å². The first-order chi connectivity index (χ1) is 6.63. The summed E-state index contributed by atoms with van der Waals surface area (Å²) in [5, 5.41) is 0.758. The Hall–Kier alpha value is -0.790. The van der Waals surface area contributed by atoms with Gasteiger partial charge in [0.15, 0.2) is 0 Å². The zero-order valence-electron chi connectivity index (χ0n) is 8.68. The Morgan fingerprint density at radius 3 is 2.71 bits per heavy atom. The van der Waals surface area contributed by atoms with Gasteiger partial charge in [0.25, 0.3) is 0 Å². The average Bonchev–Trinajstić information content (AvgIpc) is 2.16. The van der Waals surface area contributed by atoms with Crippen LogP contribution < -0.4 is 5.73 Å². The van der Waals surface area contributed by atoms with Gasteiger partial charge in [-0.25, -0.2) is 0 Å². The van der Waals surface area contributed by atoms with E-state index in [1.165, 1.54) is 11.1 Å². The van der Waals surface area contributed by atoms with E-state index in [1.807, 2.05) is 12.1 Å².